The molecule has 76 valence electrons. The Morgan fingerprint density at radius 1 is 1.36 bits per heavy atom. The Bertz CT molecular complexity index is 309. The highest BCUT2D eigenvalue weighted by atomic mass is 16.5. The van der Waals surface area contributed by atoms with E-state index in [2.05, 4.69) is 0 Å². The third-order valence-electron chi connectivity index (χ3n) is 1.71. The average Bonchev–Trinajstić information content (AvgIpc) is 2.15. The van der Waals surface area contributed by atoms with E-state index in [4.69, 9.17) is 9.84 Å². The summed E-state index contributed by atoms with van der Waals surface area (Å²) in [4.78, 5) is 10.1. The highest BCUT2D eigenvalue weighted by Crippen LogP contribution is 2.16. The van der Waals surface area contributed by atoms with Crippen molar-refractivity contribution in [1.29, 1.82) is 0 Å². The van der Waals surface area contributed by atoms with Crippen molar-refractivity contribution in [3.05, 3.63) is 29.8 Å². The molecule has 0 saturated heterocycles. The highest BCUT2D eigenvalue weighted by Gasteiger charge is 2.00. The molecule has 14 heavy (non-hydrogen) atoms. The Balaban J connectivity index is 2.31. The van der Waals surface area contributed by atoms with Gasteiger partial charge in [0.15, 0.2) is 0 Å². The maximum Gasteiger partial charge on any atom is 0.305 e. The molecule has 0 unspecified atom stereocenters. The first-order chi connectivity index (χ1) is 6.70. The van der Waals surface area contributed by atoms with E-state index in [9.17, 15) is 9.90 Å². The lowest BCUT2D eigenvalue weighted by molar-refractivity contribution is -0.138. The molecule has 0 spiro atoms. The summed E-state index contributed by atoms with van der Waals surface area (Å²) in [5.74, 6) is -0.717. The molecule has 0 aliphatic rings. The van der Waals surface area contributed by atoms with E-state index in [0.717, 1.165) is 0 Å². The summed E-state index contributed by atoms with van der Waals surface area (Å²) in [6.45, 7) is 0.392. The number of para-hydroxylation sites is 1. The van der Waals surface area contributed by atoms with Gasteiger partial charge in [-0.05, 0) is 6.07 Å². The normalized spacial score (nSPS) is 10.0. The smallest absolute Gasteiger partial charge is 0.305 e. The maximum absolute atomic E-state index is 10.1. The molecule has 0 aromatic heterocycles. The van der Waals surface area contributed by atoms with Gasteiger partial charge < -0.3 is 14.9 Å². The molecule has 2 N–H and O–H groups in total. The molecule has 1 aromatic carbocycles. The molecule has 0 aliphatic carbocycles. The largest absolute Gasteiger partial charge is 0.508 e. The predicted octanol–water partition coefficient (Wildman–Crippen LogP) is 1.38. The monoisotopic (exact) mass is 196 g/mol. The Kier molecular flexibility index (Phi) is 3.94. The molecule has 0 fully saturated rings. The Morgan fingerprint density at radius 2 is 2.07 bits per heavy atom. The van der Waals surface area contributed by atoms with E-state index in [-0.39, 0.29) is 25.4 Å². The van der Waals surface area contributed by atoms with E-state index in [1.807, 2.05) is 0 Å². The molecule has 0 saturated carbocycles. The zero-order valence-electron chi connectivity index (χ0n) is 7.64. The number of carboxylic acid groups (broad SMARTS) is 1. The van der Waals surface area contributed by atoms with Crippen LogP contribution in [0.2, 0.25) is 0 Å². The van der Waals surface area contributed by atoms with Crippen molar-refractivity contribution in [2.75, 3.05) is 6.61 Å². The highest BCUT2D eigenvalue weighted by molar-refractivity contribution is 5.66. The Morgan fingerprint density at radius 3 is 2.71 bits per heavy atom. The van der Waals surface area contributed by atoms with E-state index < -0.39 is 5.97 Å². The van der Waals surface area contributed by atoms with Gasteiger partial charge in [0.2, 0.25) is 0 Å². The second-order valence-electron chi connectivity index (χ2n) is 2.83. The Labute approximate surface area is 81.8 Å². The molecule has 0 atom stereocenters. The number of benzene rings is 1. The average molecular weight is 196 g/mol. The summed E-state index contributed by atoms with van der Waals surface area (Å²) in [5, 5.41) is 17.7. The van der Waals surface area contributed by atoms with Crippen LogP contribution in [0.3, 0.4) is 0 Å². The van der Waals surface area contributed by atoms with E-state index >= 15 is 0 Å². The molecule has 4 nitrogen and oxygen atoms in total. The standard InChI is InChI=1S/C10H12O4/c11-9-4-2-1-3-8(9)7-14-6-5-10(12)13/h1-4,11H,5-7H2,(H,12,13). The number of hydrogen-bond donors (Lipinski definition) is 2. The fraction of sp³-hybridized carbons (Fsp3) is 0.300. The van der Waals surface area contributed by atoms with Crippen LogP contribution in [0, 0.1) is 0 Å². The summed E-state index contributed by atoms with van der Waals surface area (Å²) >= 11 is 0. The lowest BCUT2D eigenvalue weighted by Crippen LogP contribution is -2.02. The molecule has 0 aliphatic heterocycles. The molecule has 4 heteroatoms. The van der Waals surface area contributed by atoms with Crippen LogP contribution in [0.4, 0.5) is 0 Å². The third-order valence-corrected chi connectivity index (χ3v) is 1.71. The second kappa shape index (κ2) is 5.24. The van der Waals surface area contributed by atoms with Crippen molar-refractivity contribution in [3.63, 3.8) is 0 Å². The summed E-state index contributed by atoms with van der Waals surface area (Å²) in [5.41, 5.74) is 0.665. The molecular formula is C10H12O4. The number of aromatic hydroxyl groups is 1. The molecule has 0 amide bonds. The van der Waals surface area contributed by atoms with Gasteiger partial charge in [0.05, 0.1) is 19.6 Å². The van der Waals surface area contributed by atoms with E-state index in [1.165, 1.54) is 0 Å². The van der Waals surface area contributed by atoms with Crippen molar-refractivity contribution in [2.45, 2.75) is 13.0 Å². The molecule has 0 radical (unpaired) electrons. The summed E-state index contributed by atoms with van der Waals surface area (Å²) < 4.78 is 5.07. The van der Waals surface area contributed by atoms with Crippen LogP contribution in [0.1, 0.15) is 12.0 Å². The van der Waals surface area contributed by atoms with Gasteiger partial charge in [0, 0.05) is 5.56 Å². The van der Waals surface area contributed by atoms with Crippen LogP contribution < -0.4 is 0 Å². The van der Waals surface area contributed by atoms with Gasteiger partial charge in [-0.3, -0.25) is 4.79 Å². The SMILES string of the molecule is O=C(O)CCOCc1ccccc1O. The predicted molar refractivity (Wildman–Crippen MR) is 50.0 cm³/mol. The first-order valence-electron chi connectivity index (χ1n) is 4.26. The first-order valence-corrected chi connectivity index (χ1v) is 4.26. The number of carboxylic acids is 1. The number of carbonyl (C=O) groups is 1. The first kappa shape index (κ1) is 10.5. The number of hydrogen-bond acceptors (Lipinski definition) is 3. The van der Waals surface area contributed by atoms with Crippen molar-refractivity contribution in [3.8, 4) is 5.75 Å². The number of aliphatic carboxylic acids is 1. The van der Waals surface area contributed by atoms with Gasteiger partial charge in [-0.1, -0.05) is 18.2 Å². The van der Waals surface area contributed by atoms with Crippen LogP contribution in [-0.2, 0) is 16.1 Å². The van der Waals surface area contributed by atoms with Gasteiger partial charge in [-0.25, -0.2) is 0 Å². The van der Waals surface area contributed by atoms with Gasteiger partial charge in [-0.2, -0.15) is 0 Å². The molecule has 0 bridgehead atoms. The zero-order chi connectivity index (χ0) is 10.4. The van der Waals surface area contributed by atoms with Crippen LogP contribution in [0.5, 0.6) is 5.75 Å². The summed E-state index contributed by atoms with van der Waals surface area (Å²) in [6.07, 6.45) is -0.0202. The van der Waals surface area contributed by atoms with Gasteiger partial charge >= 0.3 is 5.97 Å². The minimum atomic E-state index is -0.887. The van der Waals surface area contributed by atoms with Gasteiger partial charge in [0.1, 0.15) is 5.75 Å². The fourth-order valence-electron chi connectivity index (χ4n) is 0.974. The third kappa shape index (κ3) is 3.45. The van der Waals surface area contributed by atoms with Gasteiger partial charge in [-0.15, -0.1) is 0 Å². The lowest BCUT2D eigenvalue weighted by atomic mass is 10.2. The molecular weight excluding hydrogens is 184 g/mol. The number of phenols is 1. The van der Waals surface area contributed by atoms with E-state index in [0.29, 0.717) is 5.56 Å². The second-order valence-corrected chi connectivity index (χ2v) is 2.83. The molecule has 0 heterocycles. The van der Waals surface area contributed by atoms with Crippen molar-refractivity contribution in [2.24, 2.45) is 0 Å². The van der Waals surface area contributed by atoms with Crippen LogP contribution >= 0.6 is 0 Å². The van der Waals surface area contributed by atoms with Crippen LogP contribution in [0.25, 0.3) is 0 Å². The van der Waals surface area contributed by atoms with Crippen molar-refractivity contribution in [1.82, 2.24) is 0 Å². The summed E-state index contributed by atoms with van der Waals surface area (Å²) in [7, 11) is 0. The van der Waals surface area contributed by atoms with Crippen molar-refractivity contribution >= 4 is 5.97 Å². The minimum Gasteiger partial charge on any atom is -0.508 e. The Hall–Kier alpha value is -1.55. The molecule has 1 aromatic rings. The zero-order valence-corrected chi connectivity index (χ0v) is 7.64. The minimum absolute atomic E-state index is 0.0202. The maximum atomic E-state index is 10.1. The van der Waals surface area contributed by atoms with E-state index in [1.54, 1.807) is 24.3 Å². The van der Waals surface area contributed by atoms with Crippen LogP contribution in [-0.4, -0.2) is 22.8 Å². The quantitative estimate of drug-likeness (QED) is 0.698. The van der Waals surface area contributed by atoms with Gasteiger partial charge in [0.25, 0.3) is 0 Å². The van der Waals surface area contributed by atoms with Crippen molar-refractivity contribution < 1.29 is 19.7 Å². The summed E-state index contributed by atoms with van der Waals surface area (Å²) in [6, 6.07) is 6.80. The lowest BCUT2D eigenvalue weighted by Gasteiger charge is -2.04. The topological polar surface area (TPSA) is 66.8 Å². The fourth-order valence-corrected chi connectivity index (χ4v) is 0.974. The number of rotatable bonds is 5. The number of ether oxygens (including phenoxy) is 1. The number of phenolic OH excluding ortho intramolecular Hbond substituents is 1. The molecule has 1 rings (SSSR count). The van der Waals surface area contributed by atoms with Crippen LogP contribution in [0.15, 0.2) is 24.3 Å².